The number of fused-ring (bicyclic) bond motifs is 1. The van der Waals surface area contributed by atoms with Crippen LogP contribution in [0, 0.1) is 6.92 Å². The van der Waals surface area contributed by atoms with Crippen LogP contribution in [-0.4, -0.2) is 30.5 Å². The first-order chi connectivity index (χ1) is 18.7. The number of aromatic nitrogens is 5. The van der Waals surface area contributed by atoms with Gasteiger partial charge in [-0.1, -0.05) is 78.9 Å². The lowest BCUT2D eigenvalue weighted by Gasteiger charge is -2.07. The van der Waals surface area contributed by atoms with Gasteiger partial charge in [0, 0.05) is 35.5 Å². The van der Waals surface area contributed by atoms with Crippen molar-refractivity contribution in [2.24, 2.45) is 0 Å². The summed E-state index contributed by atoms with van der Waals surface area (Å²) in [4.78, 5) is 17.6. The molecule has 186 valence electrons. The molecule has 3 aromatic carbocycles. The molecule has 1 N–H and O–H groups in total. The summed E-state index contributed by atoms with van der Waals surface area (Å²) in [6.07, 6.45) is 3.74. The second kappa shape index (κ2) is 10.1. The fourth-order valence-electron chi connectivity index (χ4n) is 4.73. The second-order valence-corrected chi connectivity index (χ2v) is 9.09. The van der Waals surface area contributed by atoms with Crippen LogP contribution in [0.2, 0.25) is 0 Å². The maximum Gasteiger partial charge on any atom is 0.242 e. The summed E-state index contributed by atoms with van der Waals surface area (Å²) >= 11 is 0. The number of nitrogens with zero attached hydrogens (tertiary/aromatic N) is 5. The van der Waals surface area contributed by atoms with E-state index in [4.69, 9.17) is 5.10 Å². The van der Waals surface area contributed by atoms with Crippen LogP contribution >= 0.6 is 0 Å². The highest BCUT2D eigenvalue weighted by Crippen LogP contribution is 2.29. The molecule has 7 nitrogen and oxygen atoms in total. The fourth-order valence-corrected chi connectivity index (χ4v) is 4.73. The average molecular weight is 499 g/mol. The zero-order chi connectivity index (χ0) is 25.9. The zero-order valence-electron chi connectivity index (χ0n) is 21.0. The number of nitrogens with one attached hydrogen (secondary N) is 1. The highest BCUT2D eigenvalue weighted by Gasteiger charge is 2.17. The van der Waals surface area contributed by atoms with Crippen LogP contribution in [0.4, 0.5) is 0 Å². The van der Waals surface area contributed by atoms with Gasteiger partial charge in [0.1, 0.15) is 6.54 Å². The van der Waals surface area contributed by atoms with Crippen LogP contribution in [-0.2, 0) is 17.9 Å². The van der Waals surface area contributed by atoms with Crippen LogP contribution in [0.25, 0.3) is 39.1 Å². The minimum absolute atomic E-state index is 0.0725. The Labute approximate surface area is 220 Å². The lowest BCUT2D eigenvalue weighted by atomic mass is 10.0. The summed E-state index contributed by atoms with van der Waals surface area (Å²) in [5.74, 6) is -0.146. The molecule has 6 aromatic rings. The van der Waals surface area contributed by atoms with E-state index in [1.807, 2.05) is 103 Å². The van der Waals surface area contributed by atoms with Gasteiger partial charge in [0.2, 0.25) is 5.91 Å². The standard InChI is InChI=1S/C31H26N6O/c1-22-29-27(23-11-5-2-6-12-23)17-18-32-31(29)37(34-22)21-28(38)33-19-25-20-36(26-15-9-4-10-16-26)35-30(25)24-13-7-3-8-14-24/h2-18,20H,19,21H2,1H3,(H,33,38). The largest absolute Gasteiger partial charge is 0.350 e. The molecule has 0 aliphatic rings. The average Bonchev–Trinajstić information content (AvgIpc) is 3.54. The van der Waals surface area contributed by atoms with E-state index in [9.17, 15) is 4.79 Å². The van der Waals surface area contributed by atoms with E-state index in [1.165, 1.54) is 0 Å². The molecule has 3 heterocycles. The van der Waals surface area contributed by atoms with Crippen molar-refractivity contribution in [2.45, 2.75) is 20.0 Å². The summed E-state index contributed by atoms with van der Waals surface area (Å²) in [7, 11) is 0. The third kappa shape index (κ3) is 4.57. The monoisotopic (exact) mass is 498 g/mol. The number of benzene rings is 3. The molecular formula is C31H26N6O. The lowest BCUT2D eigenvalue weighted by Crippen LogP contribution is -2.27. The number of pyridine rings is 1. The number of carbonyl (C=O) groups is 1. The van der Waals surface area contributed by atoms with Crippen LogP contribution in [0.15, 0.2) is 109 Å². The van der Waals surface area contributed by atoms with Crippen molar-refractivity contribution in [3.63, 3.8) is 0 Å². The predicted octanol–water partition coefficient (Wildman–Crippen LogP) is 5.58. The van der Waals surface area contributed by atoms with E-state index in [0.29, 0.717) is 12.2 Å². The van der Waals surface area contributed by atoms with E-state index < -0.39 is 0 Å². The van der Waals surface area contributed by atoms with E-state index in [1.54, 1.807) is 10.9 Å². The van der Waals surface area contributed by atoms with Crippen molar-refractivity contribution >= 4 is 16.9 Å². The van der Waals surface area contributed by atoms with Gasteiger partial charge in [0.05, 0.1) is 17.1 Å². The molecule has 0 unspecified atom stereocenters. The molecule has 0 atom stereocenters. The van der Waals surface area contributed by atoms with Gasteiger partial charge < -0.3 is 5.32 Å². The number of para-hydroxylation sites is 1. The highest BCUT2D eigenvalue weighted by atomic mass is 16.2. The smallest absolute Gasteiger partial charge is 0.242 e. The summed E-state index contributed by atoms with van der Waals surface area (Å²) < 4.78 is 3.53. The normalized spacial score (nSPS) is 11.1. The Kier molecular flexibility index (Phi) is 6.24. The Balaban J connectivity index is 1.25. The zero-order valence-corrected chi connectivity index (χ0v) is 21.0. The molecular weight excluding hydrogens is 472 g/mol. The van der Waals surface area contributed by atoms with Gasteiger partial charge in [-0.25, -0.2) is 14.3 Å². The Morgan fingerprint density at radius 2 is 1.47 bits per heavy atom. The Hall–Kier alpha value is -5.04. The highest BCUT2D eigenvalue weighted by molar-refractivity contribution is 5.95. The van der Waals surface area contributed by atoms with Crippen LogP contribution in [0.1, 0.15) is 11.3 Å². The first kappa shape index (κ1) is 23.4. The Morgan fingerprint density at radius 3 is 2.18 bits per heavy atom. The van der Waals surface area contributed by atoms with Gasteiger partial charge in [-0.05, 0) is 36.2 Å². The minimum Gasteiger partial charge on any atom is -0.350 e. The maximum atomic E-state index is 13.1. The Bertz CT molecular complexity index is 1710. The fraction of sp³-hybridized carbons (Fsp3) is 0.0968. The number of hydrogen-bond acceptors (Lipinski definition) is 4. The molecule has 0 bridgehead atoms. The topological polar surface area (TPSA) is 77.6 Å². The third-order valence-corrected chi connectivity index (χ3v) is 6.52. The SMILES string of the molecule is Cc1nn(CC(=O)NCc2cn(-c3ccccc3)nc2-c2ccccc2)c2nccc(-c3ccccc3)c12. The molecule has 0 saturated heterocycles. The van der Waals surface area contributed by atoms with Crippen LogP contribution in [0.3, 0.4) is 0 Å². The molecule has 7 heteroatoms. The number of aryl methyl sites for hydroxylation is 1. The van der Waals surface area contributed by atoms with Crippen molar-refractivity contribution in [2.75, 3.05) is 0 Å². The number of amides is 1. The molecule has 0 fully saturated rings. The molecule has 0 spiro atoms. The van der Waals surface area contributed by atoms with Gasteiger partial charge in [-0.2, -0.15) is 10.2 Å². The summed E-state index contributed by atoms with van der Waals surface area (Å²) in [5, 5.41) is 13.5. The third-order valence-electron chi connectivity index (χ3n) is 6.52. The molecule has 3 aromatic heterocycles. The first-order valence-electron chi connectivity index (χ1n) is 12.5. The van der Waals surface area contributed by atoms with Gasteiger partial charge in [0.25, 0.3) is 0 Å². The molecule has 6 rings (SSSR count). The van der Waals surface area contributed by atoms with Crippen LogP contribution < -0.4 is 5.32 Å². The Morgan fingerprint density at radius 1 is 0.816 bits per heavy atom. The summed E-state index contributed by atoms with van der Waals surface area (Å²) in [5.41, 5.74) is 7.41. The number of carbonyl (C=O) groups excluding carboxylic acids is 1. The minimum atomic E-state index is -0.146. The van der Waals surface area contributed by atoms with Gasteiger partial charge in [-0.15, -0.1) is 0 Å². The van der Waals surface area contributed by atoms with Gasteiger partial charge in [-0.3, -0.25) is 4.79 Å². The second-order valence-electron chi connectivity index (χ2n) is 9.09. The van der Waals surface area contributed by atoms with E-state index in [0.717, 1.165) is 44.7 Å². The van der Waals surface area contributed by atoms with E-state index in [2.05, 4.69) is 27.5 Å². The first-order valence-corrected chi connectivity index (χ1v) is 12.5. The summed E-state index contributed by atoms with van der Waals surface area (Å²) in [6, 6.07) is 32.1. The van der Waals surface area contributed by atoms with Crippen molar-refractivity contribution in [3.05, 3.63) is 121 Å². The van der Waals surface area contributed by atoms with Gasteiger partial charge in [0.15, 0.2) is 5.65 Å². The van der Waals surface area contributed by atoms with Crippen molar-refractivity contribution in [1.82, 2.24) is 29.9 Å². The van der Waals surface area contributed by atoms with E-state index >= 15 is 0 Å². The molecule has 0 radical (unpaired) electrons. The van der Waals surface area contributed by atoms with Crippen molar-refractivity contribution in [1.29, 1.82) is 0 Å². The molecule has 1 amide bonds. The van der Waals surface area contributed by atoms with E-state index in [-0.39, 0.29) is 12.5 Å². The van der Waals surface area contributed by atoms with Crippen molar-refractivity contribution < 1.29 is 4.79 Å². The van der Waals surface area contributed by atoms with Gasteiger partial charge >= 0.3 is 0 Å². The molecule has 0 aliphatic heterocycles. The molecule has 0 aliphatic carbocycles. The summed E-state index contributed by atoms with van der Waals surface area (Å²) in [6.45, 7) is 2.37. The molecule has 0 saturated carbocycles. The van der Waals surface area contributed by atoms with Crippen molar-refractivity contribution in [3.8, 4) is 28.1 Å². The number of rotatable bonds is 7. The maximum absolute atomic E-state index is 13.1. The predicted molar refractivity (Wildman–Crippen MR) is 149 cm³/mol. The molecule has 38 heavy (non-hydrogen) atoms. The van der Waals surface area contributed by atoms with Crippen LogP contribution in [0.5, 0.6) is 0 Å². The number of hydrogen-bond donors (Lipinski definition) is 1. The lowest BCUT2D eigenvalue weighted by molar-refractivity contribution is -0.121. The quantitative estimate of drug-likeness (QED) is 0.312.